The van der Waals surface area contributed by atoms with Crippen molar-refractivity contribution in [3.05, 3.63) is 52.6 Å². The van der Waals surface area contributed by atoms with E-state index in [0.717, 1.165) is 6.07 Å². The van der Waals surface area contributed by atoms with Crippen molar-refractivity contribution >= 4 is 0 Å². The number of pyridine rings is 1. The van der Waals surface area contributed by atoms with Gasteiger partial charge in [-0.05, 0) is 32.0 Å². The number of aromatic nitrogens is 1. The molecular formula is C15H10FN3O. The molecule has 0 N–H and O–H groups in total. The third-order valence-corrected chi connectivity index (χ3v) is 2.68. The van der Waals surface area contributed by atoms with Crippen molar-refractivity contribution in [3.63, 3.8) is 0 Å². The number of aryl methyl sites for hydroxylation is 2. The highest BCUT2D eigenvalue weighted by Crippen LogP contribution is 2.29. The van der Waals surface area contributed by atoms with E-state index in [4.69, 9.17) is 15.3 Å². The second-order valence-electron chi connectivity index (χ2n) is 4.19. The first-order chi connectivity index (χ1) is 9.55. The highest BCUT2D eigenvalue weighted by atomic mass is 19.1. The standard InChI is InChI=1S/C15H10FN3O/c1-9-5-15(12(8-18)10(2)19-9)20-14-4-3-11(7-17)6-13(14)16/h3-6H,1-2H3. The average molecular weight is 267 g/mol. The minimum Gasteiger partial charge on any atom is -0.453 e. The number of halogens is 1. The lowest BCUT2D eigenvalue weighted by atomic mass is 10.1. The monoisotopic (exact) mass is 267 g/mol. The molecule has 0 aliphatic carbocycles. The maximum Gasteiger partial charge on any atom is 0.167 e. The summed E-state index contributed by atoms with van der Waals surface area (Å²) in [5.74, 6) is -0.438. The summed E-state index contributed by atoms with van der Waals surface area (Å²) in [5, 5.41) is 17.8. The largest absolute Gasteiger partial charge is 0.453 e. The molecule has 0 bridgehead atoms. The Kier molecular flexibility index (Phi) is 3.63. The summed E-state index contributed by atoms with van der Waals surface area (Å²) in [6, 6.07) is 9.30. The molecule has 0 aliphatic rings. The lowest BCUT2D eigenvalue weighted by Gasteiger charge is -2.10. The Morgan fingerprint density at radius 1 is 1.10 bits per heavy atom. The first-order valence-electron chi connectivity index (χ1n) is 5.81. The summed E-state index contributed by atoms with van der Waals surface area (Å²) in [7, 11) is 0. The van der Waals surface area contributed by atoms with Crippen molar-refractivity contribution in [3.8, 4) is 23.6 Å². The van der Waals surface area contributed by atoms with E-state index < -0.39 is 5.82 Å². The number of rotatable bonds is 2. The van der Waals surface area contributed by atoms with Crippen LogP contribution < -0.4 is 4.74 Å². The number of benzene rings is 1. The van der Waals surface area contributed by atoms with E-state index in [1.165, 1.54) is 12.1 Å². The maximum atomic E-state index is 13.8. The lowest BCUT2D eigenvalue weighted by Crippen LogP contribution is -1.97. The van der Waals surface area contributed by atoms with Crippen LogP contribution in [0.4, 0.5) is 4.39 Å². The van der Waals surface area contributed by atoms with Gasteiger partial charge < -0.3 is 4.74 Å². The zero-order chi connectivity index (χ0) is 14.7. The fourth-order valence-corrected chi connectivity index (χ4v) is 1.78. The van der Waals surface area contributed by atoms with Gasteiger partial charge in [-0.2, -0.15) is 10.5 Å². The second-order valence-corrected chi connectivity index (χ2v) is 4.19. The van der Waals surface area contributed by atoms with Crippen molar-refractivity contribution in [2.45, 2.75) is 13.8 Å². The van der Waals surface area contributed by atoms with E-state index in [2.05, 4.69) is 4.98 Å². The first kappa shape index (κ1) is 13.5. The zero-order valence-electron chi connectivity index (χ0n) is 10.9. The van der Waals surface area contributed by atoms with Gasteiger partial charge in [-0.1, -0.05) is 0 Å². The Labute approximate surface area is 115 Å². The van der Waals surface area contributed by atoms with E-state index in [9.17, 15) is 4.39 Å². The van der Waals surface area contributed by atoms with Crippen LogP contribution in [0, 0.1) is 42.3 Å². The third-order valence-electron chi connectivity index (χ3n) is 2.68. The van der Waals surface area contributed by atoms with Gasteiger partial charge in [0, 0.05) is 11.8 Å². The molecule has 0 spiro atoms. The van der Waals surface area contributed by atoms with Crippen LogP contribution >= 0.6 is 0 Å². The summed E-state index contributed by atoms with van der Waals surface area (Å²) in [5.41, 5.74) is 1.67. The Morgan fingerprint density at radius 2 is 1.85 bits per heavy atom. The molecule has 0 radical (unpaired) electrons. The minimum absolute atomic E-state index is 0.0366. The van der Waals surface area contributed by atoms with Gasteiger partial charge in [0.05, 0.1) is 17.3 Å². The van der Waals surface area contributed by atoms with Crippen molar-refractivity contribution in [1.29, 1.82) is 10.5 Å². The van der Waals surface area contributed by atoms with E-state index in [1.807, 2.05) is 12.1 Å². The predicted molar refractivity (Wildman–Crippen MR) is 69.6 cm³/mol. The fraction of sp³-hybridized carbons (Fsp3) is 0.133. The minimum atomic E-state index is -0.653. The number of nitrogens with zero attached hydrogens (tertiary/aromatic N) is 3. The molecule has 0 amide bonds. The van der Waals surface area contributed by atoms with Crippen LogP contribution in [0.15, 0.2) is 24.3 Å². The molecule has 2 aromatic rings. The Balaban J connectivity index is 2.46. The SMILES string of the molecule is Cc1cc(Oc2ccc(C#N)cc2F)c(C#N)c(C)n1. The summed E-state index contributed by atoms with van der Waals surface area (Å²) in [4.78, 5) is 4.16. The van der Waals surface area contributed by atoms with Gasteiger partial charge in [0.15, 0.2) is 11.6 Å². The lowest BCUT2D eigenvalue weighted by molar-refractivity contribution is 0.439. The topological polar surface area (TPSA) is 69.7 Å². The maximum absolute atomic E-state index is 13.8. The predicted octanol–water partition coefficient (Wildman–Crippen LogP) is 3.37. The highest BCUT2D eigenvalue weighted by Gasteiger charge is 2.13. The molecule has 1 aromatic heterocycles. The Bertz CT molecular complexity index is 757. The van der Waals surface area contributed by atoms with Crippen LogP contribution in [0.3, 0.4) is 0 Å². The molecule has 0 saturated heterocycles. The summed E-state index contributed by atoms with van der Waals surface area (Å²) in [6.45, 7) is 3.45. The third kappa shape index (κ3) is 2.57. The molecule has 20 heavy (non-hydrogen) atoms. The molecule has 0 unspecified atom stereocenters. The fourth-order valence-electron chi connectivity index (χ4n) is 1.78. The molecule has 0 aliphatic heterocycles. The summed E-state index contributed by atoms with van der Waals surface area (Å²) in [6.07, 6.45) is 0. The van der Waals surface area contributed by atoms with Gasteiger partial charge in [0.1, 0.15) is 17.4 Å². The highest BCUT2D eigenvalue weighted by molar-refractivity contribution is 5.49. The smallest absolute Gasteiger partial charge is 0.167 e. The molecule has 0 fully saturated rings. The number of hydrogen-bond acceptors (Lipinski definition) is 4. The number of nitriles is 2. The summed E-state index contributed by atoms with van der Waals surface area (Å²) >= 11 is 0. The molecule has 98 valence electrons. The molecule has 2 rings (SSSR count). The van der Waals surface area contributed by atoms with Crippen LogP contribution in [-0.2, 0) is 0 Å². The summed E-state index contributed by atoms with van der Waals surface area (Å²) < 4.78 is 19.2. The van der Waals surface area contributed by atoms with Crippen molar-refractivity contribution < 1.29 is 9.13 Å². The molecule has 1 aromatic carbocycles. The van der Waals surface area contributed by atoms with Gasteiger partial charge in [0.25, 0.3) is 0 Å². The molecule has 0 saturated carbocycles. The molecular weight excluding hydrogens is 257 g/mol. The van der Waals surface area contributed by atoms with Gasteiger partial charge in [-0.15, -0.1) is 0 Å². The van der Waals surface area contributed by atoms with E-state index in [-0.39, 0.29) is 22.6 Å². The van der Waals surface area contributed by atoms with Crippen molar-refractivity contribution in [2.24, 2.45) is 0 Å². The second kappa shape index (κ2) is 5.38. The zero-order valence-corrected chi connectivity index (χ0v) is 10.9. The van der Waals surface area contributed by atoms with Gasteiger partial charge >= 0.3 is 0 Å². The normalized spacial score (nSPS) is 9.65. The Morgan fingerprint density at radius 3 is 2.45 bits per heavy atom. The van der Waals surface area contributed by atoms with Gasteiger partial charge in [-0.25, -0.2) is 4.39 Å². The van der Waals surface area contributed by atoms with Crippen LogP contribution in [-0.4, -0.2) is 4.98 Å². The quantitative estimate of drug-likeness (QED) is 0.836. The number of hydrogen-bond donors (Lipinski definition) is 0. The molecule has 5 heteroatoms. The van der Waals surface area contributed by atoms with E-state index in [1.54, 1.807) is 19.9 Å². The van der Waals surface area contributed by atoms with Gasteiger partial charge in [0.2, 0.25) is 0 Å². The van der Waals surface area contributed by atoms with Gasteiger partial charge in [-0.3, -0.25) is 4.98 Å². The number of ether oxygens (including phenoxy) is 1. The van der Waals surface area contributed by atoms with Crippen molar-refractivity contribution in [1.82, 2.24) is 4.98 Å². The van der Waals surface area contributed by atoms with E-state index in [0.29, 0.717) is 11.4 Å². The average Bonchev–Trinajstić information content (AvgIpc) is 2.40. The molecule has 4 nitrogen and oxygen atoms in total. The molecule has 1 heterocycles. The van der Waals surface area contributed by atoms with Crippen LogP contribution in [0.5, 0.6) is 11.5 Å². The first-order valence-corrected chi connectivity index (χ1v) is 5.81. The van der Waals surface area contributed by atoms with Crippen LogP contribution in [0.1, 0.15) is 22.5 Å². The Hall–Kier alpha value is -2.92. The van der Waals surface area contributed by atoms with Crippen LogP contribution in [0.25, 0.3) is 0 Å². The van der Waals surface area contributed by atoms with Crippen LogP contribution in [0.2, 0.25) is 0 Å². The van der Waals surface area contributed by atoms with E-state index >= 15 is 0 Å². The van der Waals surface area contributed by atoms with Crippen molar-refractivity contribution in [2.75, 3.05) is 0 Å². The molecule has 0 atom stereocenters.